The highest BCUT2D eigenvalue weighted by molar-refractivity contribution is 5.80. The third-order valence-corrected chi connectivity index (χ3v) is 3.22. The Morgan fingerprint density at radius 3 is 2.76 bits per heavy atom. The molecule has 0 aliphatic carbocycles. The molecule has 17 heavy (non-hydrogen) atoms. The fourth-order valence-corrected chi connectivity index (χ4v) is 2.43. The van der Waals surface area contributed by atoms with E-state index in [4.69, 9.17) is 10.6 Å². The van der Waals surface area contributed by atoms with Gasteiger partial charge in [-0.25, -0.2) is 10.8 Å². The van der Waals surface area contributed by atoms with Crippen molar-refractivity contribution in [1.29, 1.82) is 0 Å². The number of nitrogens with one attached hydrogen (secondary N) is 1. The van der Waals surface area contributed by atoms with Crippen LogP contribution in [-0.4, -0.2) is 43.2 Å². The molecule has 0 bridgehead atoms. The van der Waals surface area contributed by atoms with Crippen LogP contribution >= 0.6 is 0 Å². The molecular formula is C12H26N4O. The van der Waals surface area contributed by atoms with Crippen LogP contribution in [0.3, 0.4) is 0 Å². The van der Waals surface area contributed by atoms with Crippen LogP contribution in [0.4, 0.5) is 0 Å². The van der Waals surface area contributed by atoms with Crippen LogP contribution in [0.1, 0.15) is 33.6 Å². The van der Waals surface area contributed by atoms with Gasteiger partial charge in [0.1, 0.15) is 0 Å². The maximum atomic E-state index is 5.60. The lowest BCUT2D eigenvalue weighted by molar-refractivity contribution is 0.184. The van der Waals surface area contributed by atoms with Crippen molar-refractivity contribution in [2.75, 3.05) is 20.3 Å². The van der Waals surface area contributed by atoms with Crippen molar-refractivity contribution in [3.63, 3.8) is 0 Å². The molecular weight excluding hydrogens is 216 g/mol. The molecule has 0 aromatic carbocycles. The van der Waals surface area contributed by atoms with E-state index in [1.54, 1.807) is 7.11 Å². The van der Waals surface area contributed by atoms with Gasteiger partial charge in [0, 0.05) is 19.7 Å². The summed E-state index contributed by atoms with van der Waals surface area (Å²) in [4.78, 5) is 6.87. The molecule has 3 N–H and O–H groups in total. The summed E-state index contributed by atoms with van der Waals surface area (Å²) in [7, 11) is 1.69. The van der Waals surface area contributed by atoms with Gasteiger partial charge in [-0.15, -0.1) is 0 Å². The maximum absolute atomic E-state index is 5.60. The number of aliphatic imine (C=N–C) groups is 1. The van der Waals surface area contributed by atoms with E-state index in [9.17, 15) is 0 Å². The highest BCUT2D eigenvalue weighted by atomic mass is 16.5. The van der Waals surface area contributed by atoms with Crippen molar-refractivity contribution in [2.24, 2.45) is 16.8 Å². The first-order valence-corrected chi connectivity index (χ1v) is 6.40. The molecule has 100 valence electrons. The van der Waals surface area contributed by atoms with Gasteiger partial charge in [-0.1, -0.05) is 13.8 Å². The smallest absolute Gasteiger partial charge is 0.209 e. The zero-order valence-electron chi connectivity index (χ0n) is 11.4. The number of hydrogen-bond donors (Lipinski definition) is 2. The Morgan fingerprint density at radius 2 is 2.24 bits per heavy atom. The van der Waals surface area contributed by atoms with Crippen LogP contribution in [-0.2, 0) is 4.74 Å². The van der Waals surface area contributed by atoms with Crippen LogP contribution in [0.2, 0.25) is 0 Å². The molecule has 5 nitrogen and oxygen atoms in total. The van der Waals surface area contributed by atoms with Gasteiger partial charge in [0.15, 0.2) is 0 Å². The van der Waals surface area contributed by atoms with Crippen molar-refractivity contribution in [3.8, 4) is 0 Å². The topological polar surface area (TPSA) is 62.9 Å². The summed E-state index contributed by atoms with van der Waals surface area (Å²) in [5, 5.41) is 0. The lowest BCUT2D eigenvalue weighted by atomic mass is 10.0. The molecule has 0 radical (unpaired) electrons. The van der Waals surface area contributed by atoms with Gasteiger partial charge in [0.25, 0.3) is 0 Å². The predicted molar refractivity (Wildman–Crippen MR) is 70.7 cm³/mol. The van der Waals surface area contributed by atoms with E-state index in [0.29, 0.717) is 18.6 Å². The number of ether oxygens (including phenoxy) is 1. The van der Waals surface area contributed by atoms with Crippen LogP contribution < -0.4 is 11.3 Å². The van der Waals surface area contributed by atoms with Gasteiger partial charge in [-0.3, -0.25) is 5.43 Å². The minimum atomic E-state index is 0.125. The highest BCUT2D eigenvalue weighted by Crippen LogP contribution is 2.23. The van der Waals surface area contributed by atoms with Crippen LogP contribution in [0.5, 0.6) is 0 Å². The quantitative estimate of drug-likeness (QED) is 0.334. The molecule has 0 aromatic rings. The van der Waals surface area contributed by atoms with Crippen LogP contribution in [0.25, 0.3) is 0 Å². The molecule has 0 spiro atoms. The van der Waals surface area contributed by atoms with Gasteiger partial charge in [0.05, 0.1) is 12.6 Å². The largest absolute Gasteiger partial charge is 0.382 e. The molecule has 2 unspecified atom stereocenters. The third kappa shape index (κ3) is 3.85. The number of guanidine groups is 1. The average molecular weight is 242 g/mol. The summed E-state index contributed by atoms with van der Waals surface area (Å²) in [5.41, 5.74) is 2.74. The molecule has 1 rings (SSSR count). The number of nitrogens with two attached hydrogens (primary N) is 1. The van der Waals surface area contributed by atoms with Gasteiger partial charge in [-0.05, 0) is 25.7 Å². The zero-order chi connectivity index (χ0) is 12.8. The summed E-state index contributed by atoms with van der Waals surface area (Å²) in [6.45, 7) is 8.17. The maximum Gasteiger partial charge on any atom is 0.209 e. The van der Waals surface area contributed by atoms with E-state index in [-0.39, 0.29) is 6.04 Å². The molecule has 5 heteroatoms. The Balaban J connectivity index is 2.72. The molecule has 1 aliphatic heterocycles. The number of hydrazine groups is 1. The van der Waals surface area contributed by atoms with E-state index in [1.165, 1.54) is 12.8 Å². The summed E-state index contributed by atoms with van der Waals surface area (Å²) >= 11 is 0. The molecule has 0 saturated carbocycles. The SMILES string of the molecule is COCC(C)N=C(NN)N1CCCC1C(C)C. The second kappa shape index (κ2) is 6.81. The fourth-order valence-electron chi connectivity index (χ4n) is 2.43. The first kappa shape index (κ1) is 14.3. The third-order valence-electron chi connectivity index (χ3n) is 3.22. The molecule has 0 amide bonds. The number of nitrogens with zero attached hydrogens (tertiary/aromatic N) is 2. The number of hydrogen-bond acceptors (Lipinski definition) is 3. The zero-order valence-corrected chi connectivity index (χ0v) is 11.4. The van der Waals surface area contributed by atoms with Crippen LogP contribution in [0.15, 0.2) is 4.99 Å². The van der Waals surface area contributed by atoms with Crippen molar-refractivity contribution in [2.45, 2.75) is 45.7 Å². The van der Waals surface area contributed by atoms with E-state index in [2.05, 4.69) is 29.2 Å². The van der Waals surface area contributed by atoms with Crippen molar-refractivity contribution in [1.82, 2.24) is 10.3 Å². The van der Waals surface area contributed by atoms with Crippen LogP contribution in [0, 0.1) is 5.92 Å². The molecule has 1 aliphatic rings. The first-order chi connectivity index (χ1) is 8.10. The molecule has 1 heterocycles. The van der Waals surface area contributed by atoms with Crippen molar-refractivity contribution >= 4 is 5.96 Å². The first-order valence-electron chi connectivity index (χ1n) is 6.40. The lowest BCUT2D eigenvalue weighted by Gasteiger charge is -2.30. The summed E-state index contributed by atoms with van der Waals surface area (Å²) in [5.74, 6) is 7.01. The van der Waals surface area contributed by atoms with E-state index in [1.807, 2.05) is 6.92 Å². The Labute approximate surface area is 104 Å². The van der Waals surface area contributed by atoms with Crippen molar-refractivity contribution in [3.05, 3.63) is 0 Å². The van der Waals surface area contributed by atoms with Crippen molar-refractivity contribution < 1.29 is 4.74 Å². The lowest BCUT2D eigenvalue weighted by Crippen LogP contribution is -2.49. The fraction of sp³-hybridized carbons (Fsp3) is 0.917. The molecule has 2 atom stereocenters. The molecule has 0 aromatic heterocycles. The van der Waals surface area contributed by atoms with Gasteiger partial charge < -0.3 is 9.64 Å². The number of rotatable bonds is 4. The normalized spacial score (nSPS) is 23.3. The summed E-state index contributed by atoms with van der Waals surface area (Å²) in [6, 6.07) is 0.666. The Morgan fingerprint density at radius 1 is 1.53 bits per heavy atom. The Bertz CT molecular complexity index is 255. The standard InChI is InChI=1S/C12H26N4O/c1-9(2)11-6-5-7-16(11)12(15-13)14-10(3)8-17-4/h9-11H,5-8,13H2,1-4H3,(H,14,15). The Hall–Kier alpha value is -0.810. The second-order valence-electron chi connectivity index (χ2n) is 5.05. The summed E-state index contributed by atoms with van der Waals surface area (Å²) < 4.78 is 5.09. The summed E-state index contributed by atoms with van der Waals surface area (Å²) in [6.07, 6.45) is 2.43. The number of likely N-dealkylation sites (tertiary alicyclic amines) is 1. The monoisotopic (exact) mass is 242 g/mol. The minimum Gasteiger partial charge on any atom is -0.382 e. The Kier molecular flexibility index (Phi) is 5.71. The van der Waals surface area contributed by atoms with E-state index >= 15 is 0 Å². The average Bonchev–Trinajstić information content (AvgIpc) is 2.75. The second-order valence-corrected chi connectivity index (χ2v) is 5.05. The van der Waals surface area contributed by atoms with E-state index < -0.39 is 0 Å². The van der Waals surface area contributed by atoms with Gasteiger partial charge >= 0.3 is 0 Å². The van der Waals surface area contributed by atoms with Gasteiger partial charge in [-0.2, -0.15) is 0 Å². The van der Waals surface area contributed by atoms with E-state index in [0.717, 1.165) is 12.5 Å². The molecule has 1 saturated heterocycles. The minimum absolute atomic E-state index is 0.125. The molecule has 1 fully saturated rings. The van der Waals surface area contributed by atoms with Gasteiger partial charge in [0.2, 0.25) is 5.96 Å². The number of methoxy groups -OCH3 is 1. The highest BCUT2D eigenvalue weighted by Gasteiger charge is 2.29. The predicted octanol–water partition coefficient (Wildman–Crippen LogP) is 0.961.